The molecule has 0 aliphatic heterocycles. The van der Waals surface area contributed by atoms with Crippen molar-refractivity contribution >= 4 is 38.3 Å². The summed E-state index contributed by atoms with van der Waals surface area (Å²) in [6, 6.07) is 12.8. The molecule has 2 aromatic heterocycles. The van der Waals surface area contributed by atoms with E-state index in [0.717, 1.165) is 24.4 Å². The Labute approximate surface area is 137 Å². The molecule has 0 amide bonds. The predicted molar refractivity (Wildman–Crippen MR) is 92.7 cm³/mol. The largest absolute Gasteiger partial charge is 0.327 e. The van der Waals surface area contributed by atoms with E-state index < -0.39 is 0 Å². The number of thiophene rings is 1. The highest BCUT2D eigenvalue weighted by atomic mass is 79.9. The second-order valence-electron chi connectivity index (χ2n) is 5.01. The van der Waals surface area contributed by atoms with Gasteiger partial charge in [0, 0.05) is 18.0 Å². The van der Waals surface area contributed by atoms with Crippen LogP contribution in [-0.2, 0) is 13.1 Å². The summed E-state index contributed by atoms with van der Waals surface area (Å²) in [6.07, 6.45) is 0. The van der Waals surface area contributed by atoms with Crippen molar-refractivity contribution in [2.24, 2.45) is 0 Å². The van der Waals surface area contributed by atoms with Gasteiger partial charge in [0.05, 0.1) is 20.9 Å². The van der Waals surface area contributed by atoms with Gasteiger partial charge in [0.1, 0.15) is 5.82 Å². The Bertz CT molecular complexity index is 747. The topological polar surface area (TPSA) is 29.9 Å². The van der Waals surface area contributed by atoms with Gasteiger partial charge in [-0.05, 0) is 54.0 Å². The number of hydrogen-bond acceptors (Lipinski definition) is 3. The highest BCUT2D eigenvalue weighted by Crippen LogP contribution is 2.24. The Morgan fingerprint density at radius 3 is 2.81 bits per heavy atom. The molecular weight excluding hydrogens is 346 g/mol. The average molecular weight is 364 g/mol. The quantitative estimate of drug-likeness (QED) is 0.709. The Hall–Kier alpha value is -1.17. The second-order valence-corrected chi connectivity index (χ2v) is 7.56. The first-order valence-corrected chi connectivity index (χ1v) is 8.72. The van der Waals surface area contributed by atoms with Gasteiger partial charge >= 0.3 is 0 Å². The maximum absolute atomic E-state index is 4.80. The summed E-state index contributed by atoms with van der Waals surface area (Å²) in [5.41, 5.74) is 2.28. The summed E-state index contributed by atoms with van der Waals surface area (Å²) in [5, 5.41) is 3.57. The normalized spacial score (nSPS) is 12.9. The Morgan fingerprint density at radius 2 is 2.10 bits per heavy atom. The zero-order valence-electron chi connectivity index (χ0n) is 12.1. The van der Waals surface area contributed by atoms with Gasteiger partial charge in [0.2, 0.25) is 0 Å². The number of fused-ring (bicyclic) bond motifs is 1. The summed E-state index contributed by atoms with van der Waals surface area (Å²) in [5.74, 6) is 1.11. The van der Waals surface area contributed by atoms with Crippen LogP contribution in [0.2, 0.25) is 0 Å². The number of rotatable bonds is 5. The molecule has 3 rings (SSSR count). The van der Waals surface area contributed by atoms with Crippen molar-refractivity contribution in [3.8, 4) is 0 Å². The fourth-order valence-electron chi connectivity index (χ4n) is 2.55. The SMILES string of the molecule is CCn1c(C(C)NCc2ccc(Br)s2)nc2ccccc21. The molecule has 0 saturated heterocycles. The van der Waals surface area contributed by atoms with E-state index in [4.69, 9.17) is 4.98 Å². The van der Waals surface area contributed by atoms with Crippen LogP contribution in [0.1, 0.15) is 30.6 Å². The lowest BCUT2D eigenvalue weighted by molar-refractivity contribution is 0.524. The maximum Gasteiger partial charge on any atom is 0.126 e. The van der Waals surface area contributed by atoms with E-state index in [9.17, 15) is 0 Å². The van der Waals surface area contributed by atoms with E-state index in [2.05, 4.69) is 70.0 Å². The number of imidazole rings is 1. The number of halogens is 1. The molecule has 1 aromatic carbocycles. The predicted octanol–water partition coefficient (Wildman–Crippen LogP) is 4.73. The maximum atomic E-state index is 4.80. The third-order valence-corrected chi connectivity index (χ3v) is 5.22. The third-order valence-electron chi connectivity index (χ3n) is 3.60. The standard InChI is InChI=1S/C16H18BrN3S/c1-3-20-14-7-5-4-6-13(14)19-16(20)11(2)18-10-12-8-9-15(17)21-12/h4-9,11,18H,3,10H2,1-2H3. The molecule has 1 atom stereocenters. The average Bonchev–Trinajstić information content (AvgIpc) is 3.07. The van der Waals surface area contributed by atoms with Crippen molar-refractivity contribution < 1.29 is 0 Å². The van der Waals surface area contributed by atoms with Crippen molar-refractivity contribution in [3.05, 3.63) is 50.9 Å². The van der Waals surface area contributed by atoms with E-state index in [1.54, 1.807) is 11.3 Å². The van der Waals surface area contributed by atoms with Gasteiger partial charge in [0.15, 0.2) is 0 Å². The van der Waals surface area contributed by atoms with Gasteiger partial charge in [-0.1, -0.05) is 12.1 Å². The zero-order valence-corrected chi connectivity index (χ0v) is 14.5. The second kappa shape index (κ2) is 6.30. The van der Waals surface area contributed by atoms with E-state index in [-0.39, 0.29) is 6.04 Å². The molecule has 2 heterocycles. The number of hydrogen-bond donors (Lipinski definition) is 1. The lowest BCUT2D eigenvalue weighted by Gasteiger charge is -2.14. The van der Waals surface area contributed by atoms with Crippen LogP contribution < -0.4 is 5.32 Å². The summed E-state index contributed by atoms with van der Waals surface area (Å²) in [4.78, 5) is 6.12. The third kappa shape index (κ3) is 3.05. The molecule has 0 bridgehead atoms. The minimum atomic E-state index is 0.221. The van der Waals surface area contributed by atoms with E-state index in [0.29, 0.717) is 0 Å². The van der Waals surface area contributed by atoms with E-state index >= 15 is 0 Å². The summed E-state index contributed by atoms with van der Waals surface area (Å²) >= 11 is 5.27. The van der Waals surface area contributed by atoms with Crippen molar-refractivity contribution in [2.75, 3.05) is 0 Å². The molecule has 0 spiro atoms. The molecule has 3 nitrogen and oxygen atoms in total. The molecule has 0 fully saturated rings. The molecule has 5 heteroatoms. The highest BCUT2D eigenvalue weighted by Gasteiger charge is 2.15. The van der Waals surface area contributed by atoms with Crippen LogP contribution in [0.25, 0.3) is 11.0 Å². The van der Waals surface area contributed by atoms with Crippen molar-refractivity contribution in [1.82, 2.24) is 14.9 Å². The van der Waals surface area contributed by atoms with Gasteiger partial charge in [-0.25, -0.2) is 4.98 Å². The fraction of sp³-hybridized carbons (Fsp3) is 0.312. The number of nitrogens with zero attached hydrogens (tertiary/aromatic N) is 2. The summed E-state index contributed by atoms with van der Waals surface area (Å²) < 4.78 is 3.46. The number of aromatic nitrogens is 2. The summed E-state index contributed by atoms with van der Waals surface area (Å²) in [6.45, 7) is 6.15. The minimum Gasteiger partial charge on any atom is -0.327 e. The molecular formula is C16H18BrN3S. The van der Waals surface area contributed by atoms with Gasteiger partial charge in [-0.15, -0.1) is 11.3 Å². The van der Waals surface area contributed by atoms with Crippen LogP contribution in [0, 0.1) is 0 Å². The van der Waals surface area contributed by atoms with Crippen LogP contribution in [0.15, 0.2) is 40.2 Å². The van der Waals surface area contributed by atoms with Crippen LogP contribution >= 0.6 is 27.3 Å². The lowest BCUT2D eigenvalue weighted by Crippen LogP contribution is -2.21. The number of nitrogens with one attached hydrogen (secondary N) is 1. The van der Waals surface area contributed by atoms with Gasteiger partial charge in [-0.3, -0.25) is 0 Å². The molecule has 110 valence electrons. The monoisotopic (exact) mass is 363 g/mol. The lowest BCUT2D eigenvalue weighted by atomic mass is 10.3. The van der Waals surface area contributed by atoms with Crippen LogP contribution in [0.3, 0.4) is 0 Å². The molecule has 3 aromatic rings. The molecule has 1 N–H and O–H groups in total. The first-order chi connectivity index (χ1) is 10.2. The van der Waals surface area contributed by atoms with Crippen molar-refractivity contribution in [1.29, 1.82) is 0 Å². The number of para-hydroxylation sites is 2. The highest BCUT2D eigenvalue weighted by molar-refractivity contribution is 9.11. The van der Waals surface area contributed by atoms with Gasteiger partial charge < -0.3 is 9.88 Å². The van der Waals surface area contributed by atoms with Crippen molar-refractivity contribution in [2.45, 2.75) is 33.0 Å². The Kier molecular flexibility index (Phi) is 4.42. The first kappa shape index (κ1) is 14.8. The molecule has 0 saturated carbocycles. The van der Waals surface area contributed by atoms with Crippen LogP contribution in [0.4, 0.5) is 0 Å². The Balaban J connectivity index is 1.82. The molecule has 0 radical (unpaired) electrons. The smallest absolute Gasteiger partial charge is 0.126 e. The molecule has 0 aliphatic rings. The molecule has 0 aliphatic carbocycles. The van der Waals surface area contributed by atoms with E-state index in [1.165, 1.54) is 14.2 Å². The Morgan fingerprint density at radius 1 is 1.29 bits per heavy atom. The minimum absolute atomic E-state index is 0.221. The first-order valence-electron chi connectivity index (χ1n) is 7.11. The fourth-order valence-corrected chi connectivity index (χ4v) is 3.98. The van der Waals surface area contributed by atoms with Crippen LogP contribution in [0.5, 0.6) is 0 Å². The van der Waals surface area contributed by atoms with Crippen LogP contribution in [-0.4, -0.2) is 9.55 Å². The van der Waals surface area contributed by atoms with E-state index in [1.807, 2.05) is 6.07 Å². The van der Waals surface area contributed by atoms with Gasteiger partial charge in [-0.2, -0.15) is 0 Å². The van der Waals surface area contributed by atoms with Crippen molar-refractivity contribution in [3.63, 3.8) is 0 Å². The van der Waals surface area contributed by atoms with Gasteiger partial charge in [0.25, 0.3) is 0 Å². The molecule has 1 unspecified atom stereocenters. The number of aryl methyl sites for hydroxylation is 1. The zero-order chi connectivity index (χ0) is 14.8. The number of benzene rings is 1. The summed E-state index contributed by atoms with van der Waals surface area (Å²) in [7, 11) is 0. The molecule has 21 heavy (non-hydrogen) atoms.